The molecule has 0 aromatic heterocycles. The molecule has 0 saturated heterocycles. The lowest BCUT2D eigenvalue weighted by molar-refractivity contribution is -0.161. The van der Waals surface area contributed by atoms with Crippen LogP contribution < -0.4 is 5.73 Å². The molecule has 0 aromatic carbocycles. The quantitative estimate of drug-likeness (QED) is 0.0230. The summed E-state index contributed by atoms with van der Waals surface area (Å²) in [5.74, 6) is -2.41. The highest BCUT2D eigenvalue weighted by Crippen LogP contribution is 2.43. The van der Waals surface area contributed by atoms with Gasteiger partial charge in [0.05, 0.1) is 13.2 Å². The molecule has 0 aliphatic carbocycles. The van der Waals surface area contributed by atoms with E-state index in [1.165, 1.54) is 122 Å². The van der Waals surface area contributed by atoms with Gasteiger partial charge in [0.2, 0.25) is 0 Å². The normalized spacial score (nSPS) is 14.0. The summed E-state index contributed by atoms with van der Waals surface area (Å²) in [6.07, 6.45) is 53.2. The fourth-order valence-corrected chi connectivity index (χ4v) is 7.66. The van der Waals surface area contributed by atoms with Crippen molar-refractivity contribution in [3.8, 4) is 0 Å². The van der Waals surface area contributed by atoms with Crippen LogP contribution in [0.1, 0.15) is 226 Å². The minimum atomic E-state index is -4.73. The minimum absolute atomic E-state index is 0.156. The third kappa shape index (κ3) is 45.8. The highest BCUT2D eigenvalue weighted by molar-refractivity contribution is 7.47. The lowest BCUT2D eigenvalue weighted by atomic mass is 10.0. The Morgan fingerprint density at radius 1 is 0.492 bits per heavy atom. The number of carboxylic acids is 1. The molecule has 4 N–H and O–H groups in total. The molecular weight excluding hydrogens is 818 g/mol. The third-order valence-electron chi connectivity index (χ3n) is 10.8. The van der Waals surface area contributed by atoms with E-state index in [2.05, 4.69) is 67.0 Å². The average molecular weight is 910 g/mol. The van der Waals surface area contributed by atoms with E-state index in [1.807, 2.05) is 0 Å². The number of nitrogens with two attached hydrogens (primary N) is 1. The standard InChI is InChI=1S/C51H92NO10P/c1-3-5-7-9-11-13-15-17-19-21-22-23-24-25-27-29-31-33-35-37-39-41-43-50(54)62-47(45-60-63(57,58)61-46-48(52)51(55)56)44-59-49(53)42-40-38-36-34-32-30-28-26-20-18-16-14-12-10-8-6-4-2/h8,10,14,16,20,26,30,32,47-48H,3-7,9,11-13,15,17-19,21-25,27-29,31,33-46,52H2,1-2H3,(H,55,56)(H,57,58)/b10-8+,16-14+,26-20+,32-30+/t47-,48+/m1/s1. The van der Waals surface area contributed by atoms with E-state index in [9.17, 15) is 23.8 Å². The minimum Gasteiger partial charge on any atom is -0.480 e. The molecule has 0 radical (unpaired) electrons. The molecular formula is C51H92NO10P. The second kappa shape index (κ2) is 46.0. The van der Waals surface area contributed by atoms with Gasteiger partial charge in [0.15, 0.2) is 6.10 Å². The van der Waals surface area contributed by atoms with Gasteiger partial charge in [-0.15, -0.1) is 0 Å². The number of esters is 2. The summed E-state index contributed by atoms with van der Waals surface area (Å²) < 4.78 is 32.8. The van der Waals surface area contributed by atoms with Crippen LogP contribution in [0.5, 0.6) is 0 Å². The van der Waals surface area contributed by atoms with Crippen molar-refractivity contribution in [3.05, 3.63) is 48.6 Å². The van der Waals surface area contributed by atoms with Crippen molar-refractivity contribution in [3.63, 3.8) is 0 Å². The predicted molar refractivity (Wildman–Crippen MR) is 258 cm³/mol. The molecule has 11 nitrogen and oxygen atoms in total. The summed E-state index contributed by atoms with van der Waals surface area (Å²) in [6, 6.07) is -1.53. The van der Waals surface area contributed by atoms with Crippen LogP contribution in [0, 0.1) is 0 Å². The Balaban J connectivity index is 4.27. The molecule has 63 heavy (non-hydrogen) atoms. The van der Waals surface area contributed by atoms with Crippen molar-refractivity contribution in [2.75, 3.05) is 19.8 Å². The summed E-state index contributed by atoms with van der Waals surface area (Å²) in [4.78, 5) is 46.1. The van der Waals surface area contributed by atoms with Crippen LogP contribution in [0.4, 0.5) is 0 Å². The average Bonchev–Trinajstić information content (AvgIpc) is 3.26. The van der Waals surface area contributed by atoms with Crippen LogP contribution in [0.3, 0.4) is 0 Å². The molecule has 0 amide bonds. The molecule has 0 aromatic rings. The fraction of sp³-hybridized carbons (Fsp3) is 0.784. The molecule has 1 unspecified atom stereocenters. The summed E-state index contributed by atoms with van der Waals surface area (Å²) >= 11 is 0. The maximum absolute atomic E-state index is 12.7. The highest BCUT2D eigenvalue weighted by atomic mass is 31.2. The van der Waals surface area contributed by atoms with Crippen molar-refractivity contribution in [1.82, 2.24) is 0 Å². The molecule has 0 aliphatic rings. The number of phosphoric ester groups is 1. The summed E-state index contributed by atoms with van der Waals surface area (Å²) in [5.41, 5.74) is 5.35. The number of carbonyl (C=O) groups excluding carboxylic acids is 2. The first-order valence-corrected chi connectivity index (χ1v) is 26.7. The molecule has 0 heterocycles. The zero-order valence-corrected chi connectivity index (χ0v) is 40.8. The van der Waals surface area contributed by atoms with Crippen molar-refractivity contribution in [1.29, 1.82) is 0 Å². The van der Waals surface area contributed by atoms with E-state index in [0.717, 1.165) is 64.2 Å². The Morgan fingerprint density at radius 2 is 0.873 bits per heavy atom. The molecule has 366 valence electrons. The van der Waals surface area contributed by atoms with Gasteiger partial charge in [-0.3, -0.25) is 23.4 Å². The van der Waals surface area contributed by atoms with Crippen molar-refractivity contribution < 1.29 is 47.5 Å². The number of phosphoric acid groups is 1. The smallest absolute Gasteiger partial charge is 0.472 e. The zero-order chi connectivity index (χ0) is 46.3. The van der Waals surface area contributed by atoms with Crippen LogP contribution in [-0.4, -0.2) is 59.9 Å². The van der Waals surface area contributed by atoms with Crippen molar-refractivity contribution in [2.45, 2.75) is 238 Å². The van der Waals surface area contributed by atoms with Gasteiger partial charge in [0, 0.05) is 12.8 Å². The number of carboxylic acid groups (broad SMARTS) is 1. The first kappa shape index (κ1) is 60.4. The van der Waals surface area contributed by atoms with Crippen LogP contribution in [0.15, 0.2) is 48.6 Å². The second-order valence-electron chi connectivity index (χ2n) is 17.0. The molecule has 0 saturated carbocycles. The Hall–Kier alpha value is -2.56. The summed E-state index contributed by atoms with van der Waals surface area (Å²) in [6.45, 7) is 2.74. The van der Waals surface area contributed by atoms with E-state index in [0.29, 0.717) is 12.8 Å². The van der Waals surface area contributed by atoms with Crippen LogP contribution in [0.2, 0.25) is 0 Å². The van der Waals surface area contributed by atoms with E-state index in [-0.39, 0.29) is 19.4 Å². The molecule has 0 aliphatic heterocycles. The van der Waals surface area contributed by atoms with E-state index < -0.39 is 51.1 Å². The molecule has 0 fully saturated rings. The van der Waals surface area contributed by atoms with Gasteiger partial charge in [-0.1, -0.05) is 210 Å². The highest BCUT2D eigenvalue weighted by Gasteiger charge is 2.28. The molecule has 0 rings (SSSR count). The summed E-state index contributed by atoms with van der Waals surface area (Å²) in [5, 5.41) is 8.92. The maximum Gasteiger partial charge on any atom is 0.472 e. The fourth-order valence-electron chi connectivity index (χ4n) is 6.88. The zero-order valence-electron chi connectivity index (χ0n) is 39.9. The topological polar surface area (TPSA) is 172 Å². The Bertz CT molecular complexity index is 1250. The van der Waals surface area contributed by atoms with Crippen molar-refractivity contribution >= 4 is 25.7 Å². The number of unbranched alkanes of at least 4 members (excludes halogenated alkanes) is 25. The van der Waals surface area contributed by atoms with Gasteiger partial charge in [0.1, 0.15) is 12.6 Å². The van der Waals surface area contributed by atoms with Gasteiger partial charge in [-0.25, -0.2) is 4.57 Å². The van der Waals surface area contributed by atoms with Crippen molar-refractivity contribution in [2.24, 2.45) is 5.73 Å². The van der Waals surface area contributed by atoms with Crippen LogP contribution >= 0.6 is 7.82 Å². The monoisotopic (exact) mass is 910 g/mol. The number of hydrogen-bond donors (Lipinski definition) is 3. The molecule has 12 heteroatoms. The van der Waals surface area contributed by atoms with Gasteiger partial charge in [-0.05, 0) is 51.4 Å². The Labute approximate surface area is 384 Å². The predicted octanol–water partition coefficient (Wildman–Crippen LogP) is 14.1. The SMILES string of the molecule is CCC/C=C/C/C=C/C/C=C/C/C=C/CCCCCC(=O)OC[C@H](COP(=O)(O)OC[C@H](N)C(=O)O)OC(=O)CCCCCCCCCCCCCCCCCCCCCCCC. The number of allylic oxidation sites excluding steroid dienone is 8. The summed E-state index contributed by atoms with van der Waals surface area (Å²) in [7, 11) is -4.73. The molecule has 3 atom stereocenters. The van der Waals surface area contributed by atoms with Gasteiger partial charge in [0.25, 0.3) is 0 Å². The maximum atomic E-state index is 12.7. The number of rotatable bonds is 47. The molecule has 0 spiro atoms. The van der Waals surface area contributed by atoms with Gasteiger partial charge in [-0.2, -0.15) is 0 Å². The number of hydrogen-bond acceptors (Lipinski definition) is 9. The number of aliphatic carboxylic acids is 1. The largest absolute Gasteiger partial charge is 0.480 e. The van der Waals surface area contributed by atoms with Gasteiger partial charge < -0.3 is 25.2 Å². The first-order valence-electron chi connectivity index (χ1n) is 25.2. The van der Waals surface area contributed by atoms with Crippen LogP contribution in [0.25, 0.3) is 0 Å². The van der Waals surface area contributed by atoms with E-state index >= 15 is 0 Å². The first-order chi connectivity index (χ1) is 30.6. The van der Waals surface area contributed by atoms with Gasteiger partial charge >= 0.3 is 25.7 Å². The Morgan fingerprint density at radius 3 is 1.32 bits per heavy atom. The lowest BCUT2D eigenvalue weighted by Crippen LogP contribution is -2.34. The van der Waals surface area contributed by atoms with E-state index in [1.54, 1.807) is 0 Å². The van der Waals surface area contributed by atoms with E-state index in [4.69, 9.17) is 24.8 Å². The second-order valence-corrected chi connectivity index (χ2v) is 18.4. The number of ether oxygens (including phenoxy) is 2. The lowest BCUT2D eigenvalue weighted by Gasteiger charge is -2.20. The third-order valence-corrected chi connectivity index (χ3v) is 11.8. The number of carbonyl (C=O) groups is 3. The van der Waals surface area contributed by atoms with Crippen LogP contribution in [-0.2, 0) is 37.5 Å². The molecule has 0 bridgehead atoms. The Kier molecular flexibility index (Phi) is 44.1.